The molecule has 0 fully saturated rings. The average molecular weight is 351 g/mol. The average Bonchev–Trinajstić information content (AvgIpc) is 2.77. The highest BCUT2D eigenvalue weighted by atomic mass is 79.9. The van der Waals surface area contributed by atoms with Crippen molar-refractivity contribution in [1.82, 2.24) is 9.55 Å². The number of halogens is 1. The standard InChI is InChI=1S/C14H11BrN2O2S/c1-8-6-11-12(20-8)16-14(19)17(13(11)18)7-9-2-4-10(15)5-3-9/h2-6H,7H2,1H3,(H,16,19). The molecule has 0 saturated heterocycles. The first-order valence-electron chi connectivity index (χ1n) is 6.02. The topological polar surface area (TPSA) is 54.9 Å². The lowest BCUT2D eigenvalue weighted by Gasteiger charge is -2.05. The van der Waals surface area contributed by atoms with Gasteiger partial charge in [0.15, 0.2) is 0 Å². The molecule has 1 aromatic carbocycles. The maximum Gasteiger partial charge on any atom is 0.329 e. The number of H-pyrrole nitrogens is 1. The summed E-state index contributed by atoms with van der Waals surface area (Å²) >= 11 is 4.78. The van der Waals surface area contributed by atoms with Gasteiger partial charge in [-0.25, -0.2) is 4.79 Å². The molecule has 2 aromatic heterocycles. The summed E-state index contributed by atoms with van der Waals surface area (Å²) in [5, 5.41) is 0.573. The summed E-state index contributed by atoms with van der Waals surface area (Å²) in [6.07, 6.45) is 0. The van der Waals surface area contributed by atoms with Crippen LogP contribution in [0.25, 0.3) is 10.2 Å². The Morgan fingerprint density at radius 3 is 2.65 bits per heavy atom. The van der Waals surface area contributed by atoms with Crippen molar-refractivity contribution >= 4 is 37.5 Å². The highest BCUT2D eigenvalue weighted by Gasteiger charge is 2.10. The summed E-state index contributed by atoms with van der Waals surface area (Å²) in [5.74, 6) is 0. The summed E-state index contributed by atoms with van der Waals surface area (Å²) in [5.41, 5.74) is 0.301. The van der Waals surface area contributed by atoms with Gasteiger partial charge in [-0.05, 0) is 30.7 Å². The van der Waals surface area contributed by atoms with Crippen LogP contribution in [0.1, 0.15) is 10.4 Å². The zero-order valence-electron chi connectivity index (χ0n) is 10.6. The van der Waals surface area contributed by atoms with E-state index < -0.39 is 0 Å². The predicted octanol–water partition coefficient (Wildman–Crippen LogP) is 2.87. The second-order valence-electron chi connectivity index (χ2n) is 4.55. The number of thiophene rings is 1. The van der Waals surface area contributed by atoms with Gasteiger partial charge in [0.05, 0.1) is 11.9 Å². The molecule has 3 rings (SSSR count). The minimum absolute atomic E-state index is 0.240. The fraction of sp³-hybridized carbons (Fsp3) is 0.143. The Balaban J connectivity index is 2.13. The van der Waals surface area contributed by atoms with E-state index in [0.717, 1.165) is 14.9 Å². The van der Waals surface area contributed by atoms with E-state index in [9.17, 15) is 9.59 Å². The van der Waals surface area contributed by atoms with Crippen LogP contribution in [0.2, 0.25) is 0 Å². The van der Waals surface area contributed by atoms with Gasteiger partial charge in [0.1, 0.15) is 4.83 Å². The lowest BCUT2D eigenvalue weighted by Crippen LogP contribution is -2.34. The number of benzene rings is 1. The fourth-order valence-corrected chi connectivity index (χ4v) is 3.24. The minimum atomic E-state index is -0.368. The van der Waals surface area contributed by atoms with Gasteiger partial charge in [-0.2, -0.15) is 0 Å². The zero-order valence-corrected chi connectivity index (χ0v) is 13.0. The molecular weight excluding hydrogens is 340 g/mol. The summed E-state index contributed by atoms with van der Waals surface area (Å²) in [7, 11) is 0. The van der Waals surface area contributed by atoms with Crippen LogP contribution in [0.15, 0.2) is 44.4 Å². The quantitative estimate of drug-likeness (QED) is 0.772. The SMILES string of the molecule is Cc1cc2c(=O)n(Cc3ccc(Br)cc3)c(=O)[nH]c2s1. The molecule has 6 heteroatoms. The van der Waals surface area contributed by atoms with Gasteiger partial charge >= 0.3 is 5.69 Å². The molecule has 0 unspecified atom stereocenters. The van der Waals surface area contributed by atoms with Crippen molar-refractivity contribution in [2.45, 2.75) is 13.5 Å². The van der Waals surface area contributed by atoms with E-state index in [0.29, 0.717) is 10.2 Å². The van der Waals surface area contributed by atoms with Crippen molar-refractivity contribution in [3.8, 4) is 0 Å². The number of rotatable bonds is 2. The van der Waals surface area contributed by atoms with E-state index in [1.165, 1.54) is 15.9 Å². The molecule has 0 aliphatic heterocycles. The summed E-state index contributed by atoms with van der Waals surface area (Å²) < 4.78 is 2.20. The fourth-order valence-electron chi connectivity index (χ4n) is 2.08. The lowest BCUT2D eigenvalue weighted by molar-refractivity contribution is 0.713. The van der Waals surface area contributed by atoms with Crippen molar-refractivity contribution < 1.29 is 0 Å². The molecule has 0 atom stereocenters. The number of nitrogens with one attached hydrogen (secondary N) is 1. The summed E-state index contributed by atoms with van der Waals surface area (Å²) in [6, 6.07) is 9.37. The van der Waals surface area contributed by atoms with Crippen LogP contribution in [0.3, 0.4) is 0 Å². The van der Waals surface area contributed by atoms with Crippen molar-refractivity contribution in [3.63, 3.8) is 0 Å². The second kappa shape index (κ2) is 5.03. The molecule has 0 saturated carbocycles. The first-order chi connectivity index (χ1) is 9.54. The first kappa shape index (κ1) is 13.3. The Morgan fingerprint density at radius 2 is 1.95 bits per heavy atom. The van der Waals surface area contributed by atoms with Gasteiger partial charge in [0.25, 0.3) is 5.56 Å². The minimum Gasteiger partial charge on any atom is -0.298 e. The highest BCUT2D eigenvalue weighted by molar-refractivity contribution is 9.10. The monoisotopic (exact) mass is 350 g/mol. The van der Waals surface area contributed by atoms with Gasteiger partial charge < -0.3 is 0 Å². The van der Waals surface area contributed by atoms with Gasteiger partial charge in [0.2, 0.25) is 0 Å². The van der Waals surface area contributed by atoms with Crippen LogP contribution in [-0.2, 0) is 6.54 Å². The third-order valence-corrected chi connectivity index (χ3v) is 4.54. The number of aromatic amines is 1. The Bertz CT molecular complexity index is 890. The third kappa shape index (κ3) is 2.36. The predicted molar refractivity (Wildman–Crippen MR) is 84.7 cm³/mol. The molecule has 0 radical (unpaired) electrons. The molecule has 1 N–H and O–H groups in total. The molecule has 102 valence electrons. The number of aryl methyl sites for hydroxylation is 1. The maximum atomic E-state index is 12.4. The smallest absolute Gasteiger partial charge is 0.298 e. The molecule has 2 heterocycles. The van der Waals surface area contributed by atoms with E-state index in [1.807, 2.05) is 37.3 Å². The van der Waals surface area contributed by atoms with Crippen LogP contribution in [0.4, 0.5) is 0 Å². The molecule has 3 aromatic rings. The van der Waals surface area contributed by atoms with Crippen molar-refractivity contribution in [1.29, 1.82) is 0 Å². The summed E-state index contributed by atoms with van der Waals surface area (Å²) in [6.45, 7) is 2.19. The van der Waals surface area contributed by atoms with Gasteiger partial charge in [-0.1, -0.05) is 28.1 Å². The van der Waals surface area contributed by atoms with Crippen LogP contribution in [0, 0.1) is 6.92 Å². The number of nitrogens with zero attached hydrogens (tertiary/aromatic N) is 1. The van der Waals surface area contributed by atoms with Gasteiger partial charge in [-0.3, -0.25) is 14.3 Å². The van der Waals surface area contributed by atoms with Crippen LogP contribution in [0.5, 0.6) is 0 Å². The van der Waals surface area contributed by atoms with Crippen LogP contribution in [-0.4, -0.2) is 9.55 Å². The number of hydrogen-bond acceptors (Lipinski definition) is 3. The lowest BCUT2D eigenvalue weighted by atomic mass is 10.2. The van der Waals surface area contributed by atoms with Crippen LogP contribution >= 0.6 is 27.3 Å². The van der Waals surface area contributed by atoms with Gasteiger partial charge in [-0.15, -0.1) is 11.3 Å². The number of aromatic nitrogens is 2. The molecule has 4 nitrogen and oxygen atoms in total. The summed E-state index contributed by atoms with van der Waals surface area (Å²) in [4.78, 5) is 28.8. The van der Waals surface area contributed by atoms with E-state index in [4.69, 9.17) is 0 Å². The van der Waals surface area contributed by atoms with Crippen molar-refractivity contribution in [3.05, 3.63) is 66.1 Å². The normalized spacial score (nSPS) is 11.1. The Morgan fingerprint density at radius 1 is 1.25 bits per heavy atom. The van der Waals surface area contributed by atoms with E-state index in [2.05, 4.69) is 20.9 Å². The Hall–Kier alpha value is -1.66. The van der Waals surface area contributed by atoms with Crippen LogP contribution < -0.4 is 11.2 Å². The molecule has 0 spiro atoms. The molecular formula is C14H11BrN2O2S. The van der Waals surface area contributed by atoms with Gasteiger partial charge in [0, 0.05) is 9.35 Å². The van der Waals surface area contributed by atoms with E-state index in [1.54, 1.807) is 0 Å². The maximum absolute atomic E-state index is 12.4. The largest absolute Gasteiger partial charge is 0.329 e. The number of fused-ring (bicyclic) bond motifs is 1. The molecule has 0 amide bonds. The molecule has 20 heavy (non-hydrogen) atoms. The second-order valence-corrected chi connectivity index (χ2v) is 6.72. The zero-order chi connectivity index (χ0) is 14.3. The Labute approximate surface area is 126 Å². The molecule has 0 aliphatic carbocycles. The van der Waals surface area contributed by atoms with Crippen molar-refractivity contribution in [2.24, 2.45) is 0 Å². The Kier molecular flexibility index (Phi) is 3.35. The molecule has 0 bridgehead atoms. The highest BCUT2D eigenvalue weighted by Crippen LogP contribution is 2.18. The van der Waals surface area contributed by atoms with E-state index >= 15 is 0 Å². The molecule has 0 aliphatic rings. The van der Waals surface area contributed by atoms with E-state index in [-0.39, 0.29) is 17.8 Å². The first-order valence-corrected chi connectivity index (χ1v) is 7.63. The third-order valence-electron chi connectivity index (χ3n) is 3.05. The van der Waals surface area contributed by atoms with Crippen molar-refractivity contribution in [2.75, 3.05) is 0 Å². The number of hydrogen-bond donors (Lipinski definition) is 1.